The van der Waals surface area contributed by atoms with Gasteiger partial charge in [0.1, 0.15) is 0 Å². The number of nitrogens with zero attached hydrogens (tertiary/aromatic N) is 1. The van der Waals surface area contributed by atoms with Crippen molar-refractivity contribution in [1.29, 1.82) is 0 Å². The molecule has 0 saturated carbocycles. The van der Waals surface area contributed by atoms with Crippen molar-refractivity contribution in [2.24, 2.45) is 0 Å². The van der Waals surface area contributed by atoms with E-state index in [-0.39, 0.29) is 0 Å². The van der Waals surface area contributed by atoms with Crippen LogP contribution in [0.5, 0.6) is 0 Å². The van der Waals surface area contributed by atoms with E-state index in [0.29, 0.717) is 11.3 Å². The summed E-state index contributed by atoms with van der Waals surface area (Å²) in [5.41, 5.74) is 3.19. The minimum atomic E-state index is -0.866. The lowest BCUT2D eigenvalue weighted by Gasteiger charge is -2.09. The van der Waals surface area contributed by atoms with Crippen LogP contribution in [0, 0.1) is 6.92 Å². The highest BCUT2D eigenvalue weighted by Crippen LogP contribution is 2.23. The summed E-state index contributed by atoms with van der Waals surface area (Å²) < 4.78 is 0. The van der Waals surface area contributed by atoms with Crippen LogP contribution in [-0.2, 0) is 6.42 Å². The molecule has 0 aliphatic rings. The summed E-state index contributed by atoms with van der Waals surface area (Å²) in [7, 11) is 4.11. The number of carboxylic acid groups (broad SMARTS) is 1. The predicted octanol–water partition coefficient (Wildman–Crippen LogP) is 2.67. The number of carboxylic acids is 1. The monoisotopic (exact) mass is 260 g/mol. The van der Waals surface area contributed by atoms with E-state index in [0.717, 1.165) is 30.3 Å². The minimum absolute atomic E-state index is 0.393. The van der Waals surface area contributed by atoms with E-state index in [1.54, 1.807) is 6.92 Å². The van der Waals surface area contributed by atoms with Gasteiger partial charge in [-0.1, -0.05) is 6.07 Å². The summed E-state index contributed by atoms with van der Waals surface area (Å²) in [6.07, 6.45) is 2.04. The number of aromatic amines is 1. The first-order valence-electron chi connectivity index (χ1n) is 6.48. The lowest BCUT2D eigenvalue weighted by atomic mass is 10.0. The van der Waals surface area contributed by atoms with Crippen molar-refractivity contribution in [1.82, 2.24) is 9.88 Å². The Hall–Kier alpha value is -1.81. The maximum Gasteiger partial charge on any atom is 0.338 e. The number of benzene rings is 1. The third kappa shape index (κ3) is 2.96. The van der Waals surface area contributed by atoms with Crippen LogP contribution in [0.3, 0.4) is 0 Å². The number of hydrogen-bond acceptors (Lipinski definition) is 2. The fourth-order valence-corrected chi connectivity index (χ4v) is 2.40. The normalized spacial score (nSPS) is 11.4. The SMILES string of the molecule is Cc1[nH]c2ccc(CCCN(C)C)cc2c1C(=O)O. The second kappa shape index (κ2) is 5.45. The molecule has 102 valence electrons. The third-order valence-corrected chi connectivity index (χ3v) is 3.34. The van der Waals surface area contributed by atoms with Gasteiger partial charge >= 0.3 is 5.97 Å². The number of nitrogens with one attached hydrogen (secondary N) is 1. The average molecular weight is 260 g/mol. The Morgan fingerprint density at radius 1 is 1.37 bits per heavy atom. The van der Waals surface area contributed by atoms with Crippen molar-refractivity contribution >= 4 is 16.9 Å². The number of aromatic nitrogens is 1. The van der Waals surface area contributed by atoms with Gasteiger partial charge in [-0.25, -0.2) is 4.79 Å². The number of rotatable bonds is 5. The van der Waals surface area contributed by atoms with Gasteiger partial charge in [0.25, 0.3) is 0 Å². The van der Waals surface area contributed by atoms with E-state index in [1.807, 2.05) is 12.1 Å². The van der Waals surface area contributed by atoms with E-state index >= 15 is 0 Å². The molecule has 0 fully saturated rings. The second-order valence-corrected chi connectivity index (χ2v) is 5.22. The van der Waals surface area contributed by atoms with Crippen molar-refractivity contribution in [2.45, 2.75) is 19.8 Å². The zero-order valence-corrected chi connectivity index (χ0v) is 11.7. The molecule has 0 bridgehead atoms. The van der Waals surface area contributed by atoms with Crippen LogP contribution in [-0.4, -0.2) is 41.6 Å². The van der Waals surface area contributed by atoms with Crippen LogP contribution in [0.2, 0.25) is 0 Å². The Bertz CT molecular complexity index is 599. The Labute approximate surface area is 113 Å². The topological polar surface area (TPSA) is 56.3 Å². The van der Waals surface area contributed by atoms with Crippen LogP contribution in [0.1, 0.15) is 28.0 Å². The van der Waals surface area contributed by atoms with Crippen LogP contribution >= 0.6 is 0 Å². The number of hydrogen-bond donors (Lipinski definition) is 2. The van der Waals surface area contributed by atoms with Gasteiger partial charge in [-0.3, -0.25) is 0 Å². The highest BCUT2D eigenvalue weighted by molar-refractivity contribution is 6.04. The Morgan fingerprint density at radius 3 is 2.74 bits per heavy atom. The molecular formula is C15H20N2O2. The largest absolute Gasteiger partial charge is 0.478 e. The fourth-order valence-electron chi connectivity index (χ4n) is 2.40. The molecule has 0 amide bonds. The lowest BCUT2D eigenvalue weighted by Crippen LogP contribution is -2.13. The molecule has 4 nitrogen and oxygen atoms in total. The predicted molar refractivity (Wildman–Crippen MR) is 76.9 cm³/mol. The van der Waals surface area contributed by atoms with Crippen LogP contribution in [0.4, 0.5) is 0 Å². The Balaban J connectivity index is 2.28. The van der Waals surface area contributed by atoms with Gasteiger partial charge in [0, 0.05) is 16.6 Å². The van der Waals surface area contributed by atoms with E-state index in [9.17, 15) is 9.90 Å². The zero-order valence-electron chi connectivity index (χ0n) is 11.7. The molecule has 2 N–H and O–H groups in total. The maximum atomic E-state index is 11.3. The van der Waals surface area contributed by atoms with Gasteiger partial charge in [0.05, 0.1) is 5.56 Å². The third-order valence-electron chi connectivity index (χ3n) is 3.34. The maximum absolute atomic E-state index is 11.3. The van der Waals surface area contributed by atoms with Crippen LogP contribution < -0.4 is 0 Å². The van der Waals surface area contributed by atoms with Gasteiger partial charge < -0.3 is 15.0 Å². The molecule has 0 atom stereocenters. The molecule has 1 aromatic carbocycles. The Kier molecular flexibility index (Phi) is 3.90. The molecule has 0 radical (unpaired) electrons. The van der Waals surface area contributed by atoms with E-state index in [1.165, 1.54) is 5.56 Å². The van der Waals surface area contributed by atoms with Crippen molar-refractivity contribution in [2.75, 3.05) is 20.6 Å². The molecule has 2 aromatic rings. The number of aryl methyl sites for hydroxylation is 2. The molecule has 0 saturated heterocycles. The average Bonchev–Trinajstić information content (AvgIpc) is 2.63. The highest BCUT2D eigenvalue weighted by Gasteiger charge is 2.14. The molecule has 1 aromatic heterocycles. The second-order valence-electron chi connectivity index (χ2n) is 5.22. The van der Waals surface area contributed by atoms with Crippen molar-refractivity contribution in [3.8, 4) is 0 Å². The summed E-state index contributed by atoms with van der Waals surface area (Å²) in [5.74, 6) is -0.866. The van der Waals surface area contributed by atoms with E-state index in [4.69, 9.17) is 0 Å². The zero-order chi connectivity index (χ0) is 14.0. The molecule has 0 spiro atoms. The van der Waals surface area contributed by atoms with Gasteiger partial charge in [-0.15, -0.1) is 0 Å². The summed E-state index contributed by atoms with van der Waals surface area (Å²) >= 11 is 0. The molecular weight excluding hydrogens is 240 g/mol. The number of fused-ring (bicyclic) bond motifs is 1. The molecule has 1 heterocycles. The van der Waals surface area contributed by atoms with Gasteiger partial charge in [0.15, 0.2) is 0 Å². The first-order valence-corrected chi connectivity index (χ1v) is 6.48. The van der Waals surface area contributed by atoms with Gasteiger partial charge in [0.2, 0.25) is 0 Å². The Morgan fingerprint density at radius 2 is 2.11 bits per heavy atom. The molecule has 4 heteroatoms. The van der Waals surface area contributed by atoms with Gasteiger partial charge in [-0.2, -0.15) is 0 Å². The van der Waals surface area contributed by atoms with E-state index < -0.39 is 5.97 Å². The molecule has 0 aliphatic heterocycles. The van der Waals surface area contributed by atoms with Crippen molar-refractivity contribution < 1.29 is 9.90 Å². The first kappa shape index (κ1) is 13.6. The summed E-state index contributed by atoms with van der Waals surface area (Å²) in [4.78, 5) is 16.6. The van der Waals surface area contributed by atoms with Crippen LogP contribution in [0.25, 0.3) is 10.9 Å². The summed E-state index contributed by atoms with van der Waals surface area (Å²) in [6, 6.07) is 6.04. The first-order chi connectivity index (χ1) is 8.99. The number of H-pyrrole nitrogens is 1. The summed E-state index contributed by atoms with van der Waals surface area (Å²) in [5, 5.41) is 10.1. The molecule has 0 aliphatic carbocycles. The lowest BCUT2D eigenvalue weighted by molar-refractivity contribution is 0.0698. The fraction of sp³-hybridized carbons (Fsp3) is 0.400. The summed E-state index contributed by atoms with van der Waals surface area (Å²) in [6.45, 7) is 2.84. The highest BCUT2D eigenvalue weighted by atomic mass is 16.4. The molecule has 0 unspecified atom stereocenters. The number of carbonyl (C=O) groups is 1. The van der Waals surface area contributed by atoms with Gasteiger partial charge in [-0.05, 0) is 58.1 Å². The molecule has 2 rings (SSSR count). The van der Waals surface area contributed by atoms with E-state index in [2.05, 4.69) is 30.0 Å². The minimum Gasteiger partial charge on any atom is -0.478 e. The standard InChI is InChI=1S/C15H20N2O2/c1-10-14(15(18)19)12-9-11(5-4-8-17(2)3)6-7-13(12)16-10/h6-7,9,16H,4-5,8H2,1-3H3,(H,18,19). The number of aromatic carboxylic acids is 1. The van der Waals surface area contributed by atoms with Crippen molar-refractivity contribution in [3.63, 3.8) is 0 Å². The quantitative estimate of drug-likeness (QED) is 0.869. The van der Waals surface area contributed by atoms with Crippen molar-refractivity contribution in [3.05, 3.63) is 35.0 Å². The molecule has 19 heavy (non-hydrogen) atoms. The smallest absolute Gasteiger partial charge is 0.338 e. The van der Waals surface area contributed by atoms with Crippen LogP contribution in [0.15, 0.2) is 18.2 Å².